The molecule has 1 aromatic carbocycles. The molecule has 3 unspecified atom stereocenters. The molecule has 0 saturated heterocycles. The molecule has 0 radical (unpaired) electrons. The number of benzene rings is 1. The van der Waals surface area contributed by atoms with Gasteiger partial charge in [0.2, 0.25) is 0 Å². The molecule has 3 rings (SSSR count). The Balaban J connectivity index is 1.64. The Hall–Kier alpha value is -0.730. The summed E-state index contributed by atoms with van der Waals surface area (Å²) in [5.41, 5.74) is 1.48. The second-order valence-corrected chi connectivity index (χ2v) is 6.81. The van der Waals surface area contributed by atoms with E-state index in [1.54, 1.807) is 0 Å². The number of fused-ring (bicyclic) bond motifs is 1. The van der Waals surface area contributed by atoms with E-state index in [-0.39, 0.29) is 5.54 Å². The minimum Gasteiger partial charge on any atom is -0.493 e. The Kier molecular flexibility index (Phi) is 4.23. The van der Waals surface area contributed by atoms with E-state index in [9.17, 15) is 0 Å². The van der Waals surface area contributed by atoms with Gasteiger partial charge in [-0.2, -0.15) is 0 Å². The first kappa shape index (κ1) is 14.2. The van der Waals surface area contributed by atoms with E-state index in [1.165, 1.54) is 31.2 Å². The van der Waals surface area contributed by atoms with E-state index >= 15 is 0 Å². The highest BCUT2D eigenvalue weighted by Gasteiger charge is 2.35. The number of para-hydroxylation sites is 1. The number of halogens is 1. The van der Waals surface area contributed by atoms with Crippen molar-refractivity contribution in [1.82, 2.24) is 5.32 Å². The van der Waals surface area contributed by atoms with Gasteiger partial charge in [-0.3, -0.25) is 0 Å². The zero-order valence-electron chi connectivity index (χ0n) is 12.2. The summed E-state index contributed by atoms with van der Waals surface area (Å²) < 4.78 is 5.77. The highest BCUT2D eigenvalue weighted by Crippen LogP contribution is 2.36. The third-order valence-corrected chi connectivity index (χ3v) is 5.38. The molecule has 2 nitrogen and oxygen atoms in total. The van der Waals surface area contributed by atoms with Gasteiger partial charge in [0.15, 0.2) is 0 Å². The van der Waals surface area contributed by atoms with Crippen LogP contribution in [0.2, 0.25) is 0 Å². The lowest BCUT2D eigenvalue weighted by molar-refractivity contribution is 0.202. The molecule has 1 N–H and O–H groups in total. The van der Waals surface area contributed by atoms with Crippen LogP contribution in [0.1, 0.15) is 44.1 Å². The van der Waals surface area contributed by atoms with Gasteiger partial charge < -0.3 is 10.1 Å². The molecule has 0 spiro atoms. The van der Waals surface area contributed by atoms with Crippen LogP contribution in [-0.2, 0) is 0 Å². The Morgan fingerprint density at radius 2 is 2.25 bits per heavy atom. The summed E-state index contributed by atoms with van der Waals surface area (Å²) in [4.78, 5) is 0. The summed E-state index contributed by atoms with van der Waals surface area (Å²) >= 11 is 6.29. The number of nitrogens with one attached hydrogen (secondary N) is 1. The predicted molar refractivity (Wildman–Crippen MR) is 83.8 cm³/mol. The maximum atomic E-state index is 6.29. The van der Waals surface area contributed by atoms with Gasteiger partial charge in [0.25, 0.3) is 0 Å². The molecular weight excluding hydrogens is 270 g/mol. The molecule has 1 aromatic rings. The Morgan fingerprint density at radius 3 is 3.05 bits per heavy atom. The smallest absolute Gasteiger partial charge is 0.122 e. The first-order chi connectivity index (χ1) is 9.72. The lowest BCUT2D eigenvalue weighted by Crippen LogP contribution is -2.51. The van der Waals surface area contributed by atoms with Crippen LogP contribution in [-0.4, -0.2) is 24.6 Å². The Labute approximate surface area is 126 Å². The van der Waals surface area contributed by atoms with Crippen molar-refractivity contribution < 1.29 is 4.74 Å². The maximum absolute atomic E-state index is 6.29. The van der Waals surface area contributed by atoms with Crippen molar-refractivity contribution in [3.63, 3.8) is 0 Å². The molecular formula is C17H24ClNO. The summed E-state index contributed by atoms with van der Waals surface area (Å²) in [5, 5.41) is 3.79. The zero-order chi connectivity index (χ0) is 14.0. The van der Waals surface area contributed by atoms with E-state index in [0.29, 0.717) is 11.8 Å². The molecule has 0 amide bonds. The van der Waals surface area contributed by atoms with Crippen molar-refractivity contribution in [3.05, 3.63) is 29.8 Å². The molecule has 2 aliphatic rings. The lowest BCUT2D eigenvalue weighted by Gasteiger charge is -2.40. The number of hydrogen-bond acceptors (Lipinski definition) is 2. The molecule has 1 aliphatic heterocycles. The second kappa shape index (κ2) is 5.95. The molecule has 1 heterocycles. The molecule has 0 aromatic heterocycles. The van der Waals surface area contributed by atoms with Crippen LogP contribution in [0.5, 0.6) is 5.75 Å². The van der Waals surface area contributed by atoms with Gasteiger partial charge in [0.05, 0.1) is 6.61 Å². The van der Waals surface area contributed by atoms with Crippen LogP contribution in [0, 0.1) is 5.92 Å². The van der Waals surface area contributed by atoms with Crippen LogP contribution < -0.4 is 10.1 Å². The summed E-state index contributed by atoms with van der Waals surface area (Å²) in [6.45, 7) is 4.10. The van der Waals surface area contributed by atoms with Gasteiger partial charge in [0.1, 0.15) is 5.75 Å². The molecule has 20 heavy (non-hydrogen) atoms. The van der Waals surface area contributed by atoms with Crippen LogP contribution in [0.4, 0.5) is 0 Å². The number of rotatable bonds is 4. The van der Waals surface area contributed by atoms with Crippen LogP contribution in [0.3, 0.4) is 0 Å². The Morgan fingerprint density at radius 1 is 1.40 bits per heavy atom. The largest absolute Gasteiger partial charge is 0.493 e. The minimum atomic E-state index is 0.136. The number of ether oxygens (including phenoxy) is 1. The van der Waals surface area contributed by atoms with E-state index in [1.807, 2.05) is 6.07 Å². The lowest BCUT2D eigenvalue weighted by atomic mass is 9.77. The third-order valence-electron chi connectivity index (χ3n) is 4.87. The fourth-order valence-corrected chi connectivity index (χ4v) is 4.06. The maximum Gasteiger partial charge on any atom is 0.122 e. The van der Waals surface area contributed by atoms with Gasteiger partial charge >= 0.3 is 0 Å². The van der Waals surface area contributed by atoms with Gasteiger partial charge in [-0.1, -0.05) is 38.0 Å². The molecule has 1 fully saturated rings. The van der Waals surface area contributed by atoms with Gasteiger partial charge in [-0.25, -0.2) is 0 Å². The summed E-state index contributed by atoms with van der Waals surface area (Å²) in [7, 11) is 0. The van der Waals surface area contributed by atoms with E-state index in [2.05, 4.69) is 30.4 Å². The monoisotopic (exact) mass is 293 g/mol. The number of hydrogen-bond donors (Lipinski definition) is 1. The van der Waals surface area contributed by atoms with Crippen molar-refractivity contribution in [3.8, 4) is 5.75 Å². The van der Waals surface area contributed by atoms with Gasteiger partial charge in [-0.15, -0.1) is 11.6 Å². The summed E-state index contributed by atoms with van der Waals surface area (Å²) in [5.74, 6) is 3.01. The first-order valence-electron chi connectivity index (χ1n) is 7.75. The molecule has 110 valence electrons. The fraction of sp³-hybridized carbons (Fsp3) is 0.647. The molecule has 0 bridgehead atoms. The van der Waals surface area contributed by atoms with Gasteiger partial charge in [0, 0.05) is 29.4 Å². The first-order valence-corrected chi connectivity index (χ1v) is 8.29. The van der Waals surface area contributed by atoms with Crippen LogP contribution >= 0.6 is 11.6 Å². The van der Waals surface area contributed by atoms with E-state index < -0.39 is 0 Å². The third kappa shape index (κ3) is 2.82. The highest BCUT2D eigenvalue weighted by molar-refractivity contribution is 6.18. The molecule has 1 saturated carbocycles. The van der Waals surface area contributed by atoms with Crippen molar-refractivity contribution in [2.45, 2.75) is 44.1 Å². The zero-order valence-corrected chi connectivity index (χ0v) is 13.0. The average Bonchev–Trinajstić information content (AvgIpc) is 2.88. The van der Waals surface area contributed by atoms with E-state index in [4.69, 9.17) is 16.3 Å². The highest BCUT2D eigenvalue weighted by atomic mass is 35.5. The van der Waals surface area contributed by atoms with Crippen LogP contribution in [0.25, 0.3) is 0 Å². The summed E-state index contributed by atoms with van der Waals surface area (Å²) in [6, 6.07) is 8.39. The predicted octanol–water partition coefficient (Wildman–Crippen LogP) is 3.94. The van der Waals surface area contributed by atoms with Crippen molar-refractivity contribution in [2.24, 2.45) is 5.92 Å². The Bertz CT molecular complexity index is 464. The van der Waals surface area contributed by atoms with Crippen LogP contribution in [0.15, 0.2) is 24.3 Å². The normalized spacial score (nSPS) is 32.7. The topological polar surface area (TPSA) is 21.3 Å². The average molecular weight is 294 g/mol. The molecule has 3 heteroatoms. The minimum absolute atomic E-state index is 0.136. The quantitative estimate of drug-likeness (QED) is 0.849. The SMILES string of the molecule is CC1CCCC(CCl)(NCC2COc3ccccc32)C1. The van der Waals surface area contributed by atoms with Crippen molar-refractivity contribution >= 4 is 11.6 Å². The van der Waals surface area contributed by atoms with E-state index in [0.717, 1.165) is 24.8 Å². The van der Waals surface area contributed by atoms with Gasteiger partial charge in [-0.05, 0) is 24.8 Å². The summed E-state index contributed by atoms with van der Waals surface area (Å²) in [6.07, 6.45) is 5.04. The fourth-order valence-electron chi connectivity index (χ4n) is 3.73. The molecule has 1 aliphatic carbocycles. The standard InChI is InChI=1S/C17H24ClNO/c1-13-5-4-8-17(9-13,12-18)19-10-14-11-20-16-7-3-2-6-15(14)16/h2-3,6-7,13-14,19H,4-5,8-12H2,1H3. The number of alkyl halides is 1. The van der Waals surface area contributed by atoms with Crippen molar-refractivity contribution in [2.75, 3.05) is 19.0 Å². The van der Waals surface area contributed by atoms with Crippen molar-refractivity contribution in [1.29, 1.82) is 0 Å². The second-order valence-electron chi connectivity index (χ2n) is 6.54. The molecule has 3 atom stereocenters.